The van der Waals surface area contributed by atoms with Crippen LogP contribution in [0.2, 0.25) is 0 Å². The number of rotatable bonds is 2. The van der Waals surface area contributed by atoms with Crippen molar-refractivity contribution in [3.63, 3.8) is 0 Å². The number of nitrogens with one attached hydrogen (secondary N) is 1. The molecule has 1 aromatic carbocycles. The molecule has 20 heavy (non-hydrogen) atoms. The smallest absolute Gasteiger partial charge is 0.263 e. The summed E-state index contributed by atoms with van der Waals surface area (Å²) in [6.45, 7) is 0. The first-order valence-electron chi connectivity index (χ1n) is 5.73. The molecule has 2 aromatic rings. The summed E-state index contributed by atoms with van der Waals surface area (Å²) >= 11 is 11.5. The fraction of sp³-hybridized carbons (Fsp3) is 0. The van der Waals surface area contributed by atoms with Crippen LogP contribution in [0.25, 0.3) is 16.5 Å². The third-order valence-electron chi connectivity index (χ3n) is 2.68. The van der Waals surface area contributed by atoms with Crippen molar-refractivity contribution in [2.45, 2.75) is 0 Å². The highest BCUT2D eigenvalue weighted by atomic mass is 79.9. The Balaban J connectivity index is 1.92. The average Bonchev–Trinajstić information content (AvgIpc) is 2.98. The van der Waals surface area contributed by atoms with Crippen molar-refractivity contribution in [1.29, 1.82) is 0 Å². The minimum atomic E-state index is -0.115. The number of hydrogen-bond acceptors (Lipinski definition) is 4. The third-order valence-corrected chi connectivity index (χ3v) is 5.60. The van der Waals surface area contributed by atoms with E-state index in [1.165, 1.54) is 11.8 Å². The van der Waals surface area contributed by atoms with Crippen molar-refractivity contribution in [3.05, 3.63) is 50.7 Å². The number of amides is 1. The van der Waals surface area contributed by atoms with E-state index < -0.39 is 0 Å². The Morgan fingerprint density at radius 2 is 2.00 bits per heavy atom. The maximum absolute atomic E-state index is 11.6. The van der Waals surface area contributed by atoms with E-state index in [4.69, 9.17) is 12.2 Å². The number of benzene rings is 1. The molecule has 1 aliphatic rings. The van der Waals surface area contributed by atoms with E-state index in [0.717, 1.165) is 19.8 Å². The lowest BCUT2D eigenvalue weighted by atomic mass is 10.2. The van der Waals surface area contributed by atoms with Crippen LogP contribution in [0.5, 0.6) is 0 Å². The van der Waals surface area contributed by atoms with Crippen LogP contribution in [0.3, 0.4) is 0 Å². The first-order chi connectivity index (χ1) is 9.63. The van der Waals surface area contributed by atoms with Crippen LogP contribution < -0.4 is 5.32 Å². The molecule has 0 spiro atoms. The molecule has 1 N–H and O–H groups in total. The summed E-state index contributed by atoms with van der Waals surface area (Å²) in [5.74, 6) is -0.115. The summed E-state index contributed by atoms with van der Waals surface area (Å²) in [6, 6.07) is 12.2. The molecule has 0 unspecified atom stereocenters. The van der Waals surface area contributed by atoms with Gasteiger partial charge in [0.15, 0.2) is 0 Å². The fourth-order valence-electron chi connectivity index (χ4n) is 1.79. The maximum atomic E-state index is 11.6. The Hall–Kier alpha value is -0.950. The van der Waals surface area contributed by atoms with Crippen LogP contribution in [0.4, 0.5) is 0 Å². The van der Waals surface area contributed by atoms with Gasteiger partial charge in [0.05, 0.1) is 4.91 Å². The van der Waals surface area contributed by atoms with Gasteiger partial charge in [-0.15, -0.1) is 11.3 Å². The molecule has 0 aliphatic carbocycles. The monoisotopic (exact) mass is 381 g/mol. The van der Waals surface area contributed by atoms with Gasteiger partial charge in [0, 0.05) is 19.8 Å². The summed E-state index contributed by atoms with van der Waals surface area (Å²) in [5, 5.41) is 2.62. The number of carbonyl (C=O) groups is 1. The molecule has 0 radical (unpaired) electrons. The summed E-state index contributed by atoms with van der Waals surface area (Å²) in [4.78, 5) is 14.5. The van der Waals surface area contributed by atoms with Gasteiger partial charge < -0.3 is 5.32 Å². The van der Waals surface area contributed by atoms with Crippen LogP contribution in [0.15, 0.2) is 45.8 Å². The fourth-order valence-corrected chi connectivity index (χ4v) is 4.52. The molecule has 100 valence electrons. The molecule has 0 atom stereocenters. The molecule has 1 amide bonds. The zero-order valence-corrected chi connectivity index (χ0v) is 14.1. The summed E-state index contributed by atoms with van der Waals surface area (Å²) < 4.78 is 1.58. The van der Waals surface area contributed by atoms with Gasteiger partial charge in [0.1, 0.15) is 4.32 Å². The molecule has 1 aromatic heterocycles. The van der Waals surface area contributed by atoms with Gasteiger partial charge in [-0.05, 0) is 24.3 Å². The molecule has 1 fully saturated rings. The average molecular weight is 382 g/mol. The summed E-state index contributed by atoms with van der Waals surface area (Å²) in [6.07, 6.45) is 1.88. The second-order valence-corrected chi connectivity index (χ2v) is 7.72. The Kier molecular flexibility index (Phi) is 4.07. The molecule has 1 aliphatic heterocycles. The molecule has 0 saturated carbocycles. The van der Waals surface area contributed by atoms with Gasteiger partial charge in [-0.1, -0.05) is 58.1 Å². The van der Waals surface area contributed by atoms with Crippen molar-refractivity contribution >= 4 is 67.6 Å². The highest BCUT2D eigenvalue weighted by Crippen LogP contribution is 2.35. The third kappa shape index (κ3) is 2.88. The van der Waals surface area contributed by atoms with E-state index in [1.54, 1.807) is 11.3 Å². The van der Waals surface area contributed by atoms with Gasteiger partial charge >= 0.3 is 0 Å². The van der Waals surface area contributed by atoms with E-state index >= 15 is 0 Å². The van der Waals surface area contributed by atoms with E-state index in [0.29, 0.717) is 9.23 Å². The zero-order valence-electron chi connectivity index (χ0n) is 10.1. The number of thiophene rings is 1. The Labute approximate surface area is 138 Å². The van der Waals surface area contributed by atoms with E-state index in [-0.39, 0.29) is 5.91 Å². The lowest BCUT2D eigenvalue weighted by Crippen LogP contribution is -2.17. The maximum Gasteiger partial charge on any atom is 0.263 e. The molecular formula is C14H8BrNOS3. The van der Waals surface area contributed by atoms with Crippen LogP contribution in [-0.4, -0.2) is 10.2 Å². The van der Waals surface area contributed by atoms with E-state index in [9.17, 15) is 4.79 Å². The lowest BCUT2D eigenvalue weighted by Gasteiger charge is -1.99. The largest absolute Gasteiger partial charge is 0.307 e. The van der Waals surface area contributed by atoms with Gasteiger partial charge in [0.2, 0.25) is 0 Å². The van der Waals surface area contributed by atoms with Gasteiger partial charge in [-0.2, -0.15) is 0 Å². The van der Waals surface area contributed by atoms with Crippen LogP contribution in [-0.2, 0) is 4.79 Å². The molecule has 1 saturated heterocycles. The standard InChI is InChI=1S/C14H8BrNOS3/c15-10-4-2-1-3-9(10)11-6-5-8(19-11)7-12-13(17)16-14(18)20-12/h1-7H,(H,16,17,18)/b12-7+. The molecule has 2 heterocycles. The first-order valence-corrected chi connectivity index (χ1v) is 8.56. The number of thiocarbonyl (C=S) groups is 1. The van der Waals surface area contributed by atoms with Crippen molar-refractivity contribution in [2.24, 2.45) is 0 Å². The highest BCUT2D eigenvalue weighted by molar-refractivity contribution is 9.10. The number of thioether (sulfide) groups is 1. The zero-order chi connectivity index (χ0) is 14.1. The Morgan fingerprint density at radius 1 is 1.20 bits per heavy atom. The molecule has 6 heteroatoms. The Bertz CT molecular complexity index is 736. The second kappa shape index (κ2) is 5.81. The quantitative estimate of drug-likeness (QED) is 0.605. The molecule has 2 nitrogen and oxygen atoms in total. The highest BCUT2D eigenvalue weighted by Gasteiger charge is 2.22. The van der Waals surface area contributed by atoms with Crippen molar-refractivity contribution in [2.75, 3.05) is 0 Å². The van der Waals surface area contributed by atoms with Crippen LogP contribution >= 0.6 is 51.2 Å². The summed E-state index contributed by atoms with van der Waals surface area (Å²) in [7, 11) is 0. The normalized spacial score (nSPS) is 16.8. The van der Waals surface area contributed by atoms with Gasteiger partial charge in [-0.3, -0.25) is 4.79 Å². The number of hydrogen-bond donors (Lipinski definition) is 1. The second-order valence-electron chi connectivity index (χ2n) is 4.03. The number of carbonyl (C=O) groups excluding carboxylic acids is 1. The van der Waals surface area contributed by atoms with Crippen molar-refractivity contribution in [3.8, 4) is 10.4 Å². The van der Waals surface area contributed by atoms with Crippen molar-refractivity contribution < 1.29 is 4.79 Å². The Morgan fingerprint density at radius 3 is 2.70 bits per heavy atom. The summed E-state index contributed by atoms with van der Waals surface area (Å²) in [5.41, 5.74) is 1.15. The van der Waals surface area contributed by atoms with Gasteiger partial charge in [-0.25, -0.2) is 0 Å². The first kappa shape index (κ1) is 14.0. The SMILES string of the molecule is O=C1NC(=S)S/C1=C/c1ccc(-c2ccccc2Br)s1. The predicted molar refractivity (Wildman–Crippen MR) is 93.8 cm³/mol. The topological polar surface area (TPSA) is 29.1 Å². The molecule has 3 rings (SSSR count). The van der Waals surface area contributed by atoms with Crippen LogP contribution in [0, 0.1) is 0 Å². The molecule has 0 bridgehead atoms. The minimum absolute atomic E-state index is 0.115. The van der Waals surface area contributed by atoms with E-state index in [1.807, 2.05) is 30.3 Å². The molecular weight excluding hydrogens is 374 g/mol. The van der Waals surface area contributed by atoms with Crippen LogP contribution in [0.1, 0.15) is 4.88 Å². The predicted octanol–water partition coefficient (Wildman–Crippen LogP) is 4.67. The van der Waals surface area contributed by atoms with Gasteiger partial charge in [0.25, 0.3) is 5.91 Å². The van der Waals surface area contributed by atoms with E-state index in [2.05, 4.69) is 33.4 Å². The van der Waals surface area contributed by atoms with Crippen molar-refractivity contribution in [1.82, 2.24) is 5.32 Å². The minimum Gasteiger partial charge on any atom is -0.307 e. The number of halogens is 1. The lowest BCUT2D eigenvalue weighted by molar-refractivity contribution is -0.115.